The molecule has 0 saturated carbocycles. The van der Waals surface area contributed by atoms with Gasteiger partial charge in [0.25, 0.3) is 0 Å². The van der Waals surface area contributed by atoms with E-state index in [4.69, 9.17) is 10.2 Å². The van der Waals surface area contributed by atoms with Crippen molar-refractivity contribution in [2.24, 2.45) is 0 Å². The fourth-order valence-corrected chi connectivity index (χ4v) is 1.37. The first-order chi connectivity index (χ1) is 8.88. The molecule has 0 spiro atoms. The average Bonchev–Trinajstić information content (AvgIpc) is 2.43. The van der Waals surface area contributed by atoms with Crippen LogP contribution in [0.1, 0.15) is 17.3 Å². The van der Waals surface area contributed by atoms with Crippen LogP contribution in [-0.4, -0.2) is 42.0 Å². The minimum Gasteiger partial charge on any atom is -0.465 e. The molecule has 0 unspecified atom stereocenters. The number of methoxy groups -OCH3 is 1. The number of anilines is 1. The Morgan fingerprint density at radius 2 is 1.89 bits per heavy atom. The molecule has 1 aromatic rings. The molecule has 1 rings (SSSR count). The first-order valence-corrected chi connectivity index (χ1v) is 5.44. The molecule has 19 heavy (non-hydrogen) atoms. The second-order valence-electron chi connectivity index (χ2n) is 4.28. The van der Waals surface area contributed by atoms with E-state index in [1.54, 1.807) is 0 Å². The highest BCUT2D eigenvalue weighted by Gasteiger charge is 2.26. The molecule has 0 radical (unpaired) electrons. The van der Waals surface area contributed by atoms with Gasteiger partial charge in [0.05, 0.1) is 37.1 Å². The molecule has 0 saturated heterocycles. The predicted molar refractivity (Wildman–Crippen MR) is 63.9 cm³/mol. The minimum atomic E-state index is -1.35. The molecule has 5 nitrogen and oxygen atoms in total. The minimum absolute atomic E-state index is 0.268. The summed E-state index contributed by atoms with van der Waals surface area (Å²) < 4.78 is 31.7. The number of aliphatic hydroxyl groups is 2. The fourth-order valence-electron chi connectivity index (χ4n) is 1.37. The molecule has 106 valence electrons. The maximum atomic E-state index is 13.8. The SMILES string of the molecule is COC(=O)c1ccc(NC(C)(CO)CO)c(F)c1F. The van der Waals surface area contributed by atoms with Gasteiger partial charge in [0, 0.05) is 0 Å². The van der Waals surface area contributed by atoms with E-state index in [1.165, 1.54) is 6.92 Å². The van der Waals surface area contributed by atoms with Gasteiger partial charge in [0.15, 0.2) is 11.6 Å². The van der Waals surface area contributed by atoms with Crippen LogP contribution in [0.25, 0.3) is 0 Å². The van der Waals surface area contributed by atoms with E-state index >= 15 is 0 Å². The molecule has 0 heterocycles. The number of carbonyl (C=O) groups excluding carboxylic acids is 1. The second-order valence-corrected chi connectivity index (χ2v) is 4.28. The Balaban J connectivity index is 3.13. The molecule has 0 aliphatic rings. The Kier molecular flexibility index (Phi) is 4.79. The van der Waals surface area contributed by atoms with E-state index in [2.05, 4.69) is 10.1 Å². The summed E-state index contributed by atoms with van der Waals surface area (Å²) in [7, 11) is 1.06. The summed E-state index contributed by atoms with van der Waals surface area (Å²) in [4.78, 5) is 11.2. The zero-order chi connectivity index (χ0) is 14.6. The lowest BCUT2D eigenvalue weighted by Gasteiger charge is -2.27. The first kappa shape index (κ1) is 15.3. The van der Waals surface area contributed by atoms with Crippen molar-refractivity contribution in [3.8, 4) is 0 Å². The third-order valence-electron chi connectivity index (χ3n) is 2.62. The fraction of sp³-hybridized carbons (Fsp3) is 0.417. The van der Waals surface area contributed by atoms with Gasteiger partial charge in [-0.25, -0.2) is 13.6 Å². The number of benzene rings is 1. The standard InChI is InChI=1S/C12H15F2NO4/c1-12(5-16,6-17)15-8-4-3-7(11(18)19-2)9(13)10(8)14/h3-4,15-17H,5-6H2,1-2H3. The Morgan fingerprint density at radius 3 is 2.37 bits per heavy atom. The van der Waals surface area contributed by atoms with Gasteiger partial charge in [-0.15, -0.1) is 0 Å². The number of ether oxygens (including phenoxy) is 1. The van der Waals surface area contributed by atoms with E-state index in [-0.39, 0.29) is 5.69 Å². The number of aliphatic hydroxyl groups excluding tert-OH is 2. The number of hydrogen-bond donors (Lipinski definition) is 3. The highest BCUT2D eigenvalue weighted by Crippen LogP contribution is 2.24. The molecule has 0 aliphatic heterocycles. The summed E-state index contributed by atoms with van der Waals surface area (Å²) >= 11 is 0. The van der Waals surface area contributed by atoms with E-state index in [0.717, 1.165) is 19.2 Å². The number of carbonyl (C=O) groups is 1. The molecule has 0 aromatic heterocycles. The van der Waals surface area contributed by atoms with Crippen molar-refractivity contribution in [1.29, 1.82) is 0 Å². The first-order valence-electron chi connectivity index (χ1n) is 5.44. The third kappa shape index (κ3) is 3.18. The topological polar surface area (TPSA) is 78.8 Å². The van der Waals surface area contributed by atoms with E-state index < -0.39 is 41.9 Å². The summed E-state index contributed by atoms with van der Waals surface area (Å²) in [6.45, 7) is 0.463. The van der Waals surface area contributed by atoms with Crippen molar-refractivity contribution in [1.82, 2.24) is 0 Å². The normalized spacial score (nSPS) is 11.3. The summed E-state index contributed by atoms with van der Waals surface area (Å²) in [6, 6.07) is 2.19. The van der Waals surface area contributed by atoms with Crippen LogP contribution >= 0.6 is 0 Å². The van der Waals surface area contributed by atoms with Gasteiger partial charge >= 0.3 is 5.97 Å². The van der Waals surface area contributed by atoms with Crippen LogP contribution in [0.4, 0.5) is 14.5 Å². The largest absolute Gasteiger partial charge is 0.465 e. The maximum Gasteiger partial charge on any atom is 0.340 e. The van der Waals surface area contributed by atoms with E-state index in [9.17, 15) is 13.6 Å². The Labute approximate surface area is 108 Å². The van der Waals surface area contributed by atoms with Gasteiger partial charge in [-0.2, -0.15) is 0 Å². The van der Waals surface area contributed by atoms with Crippen LogP contribution < -0.4 is 5.32 Å². The van der Waals surface area contributed by atoms with Crippen LogP contribution in [0.15, 0.2) is 12.1 Å². The number of nitrogens with one attached hydrogen (secondary N) is 1. The van der Waals surface area contributed by atoms with Crippen molar-refractivity contribution in [3.05, 3.63) is 29.3 Å². The molecule has 7 heteroatoms. The van der Waals surface area contributed by atoms with Gasteiger partial charge in [-0.1, -0.05) is 0 Å². The van der Waals surface area contributed by atoms with Gasteiger partial charge in [-0.3, -0.25) is 0 Å². The maximum absolute atomic E-state index is 13.8. The summed E-state index contributed by atoms with van der Waals surface area (Å²) in [5, 5.41) is 20.6. The van der Waals surface area contributed by atoms with Crippen molar-refractivity contribution in [3.63, 3.8) is 0 Å². The van der Waals surface area contributed by atoms with Crippen molar-refractivity contribution in [2.75, 3.05) is 25.6 Å². The smallest absolute Gasteiger partial charge is 0.340 e. The van der Waals surface area contributed by atoms with Gasteiger partial charge in [0.1, 0.15) is 0 Å². The Bertz CT molecular complexity index is 475. The average molecular weight is 275 g/mol. The molecule has 0 atom stereocenters. The van der Waals surface area contributed by atoms with Crippen LogP contribution in [0.3, 0.4) is 0 Å². The highest BCUT2D eigenvalue weighted by atomic mass is 19.2. The van der Waals surface area contributed by atoms with Crippen LogP contribution in [0.2, 0.25) is 0 Å². The Hall–Kier alpha value is -1.73. The lowest BCUT2D eigenvalue weighted by molar-refractivity contribution is 0.0594. The summed E-state index contributed by atoms with van der Waals surface area (Å²) in [5.74, 6) is -3.62. The zero-order valence-corrected chi connectivity index (χ0v) is 10.5. The second kappa shape index (κ2) is 5.94. The van der Waals surface area contributed by atoms with Crippen LogP contribution in [0.5, 0.6) is 0 Å². The molecule has 0 aliphatic carbocycles. The molecular weight excluding hydrogens is 260 g/mol. The van der Waals surface area contributed by atoms with Gasteiger partial charge in [-0.05, 0) is 19.1 Å². The summed E-state index contributed by atoms with van der Waals surface area (Å²) in [5.41, 5.74) is -2.00. The molecule has 3 N–H and O–H groups in total. The molecular formula is C12H15F2NO4. The van der Waals surface area contributed by atoms with Crippen molar-refractivity contribution in [2.45, 2.75) is 12.5 Å². The predicted octanol–water partition coefficient (Wildman–Crippen LogP) is 0.907. The van der Waals surface area contributed by atoms with Crippen LogP contribution in [0, 0.1) is 11.6 Å². The highest BCUT2D eigenvalue weighted by molar-refractivity contribution is 5.90. The quantitative estimate of drug-likeness (QED) is 0.696. The molecule has 1 aromatic carbocycles. The lowest BCUT2D eigenvalue weighted by atomic mass is 10.0. The van der Waals surface area contributed by atoms with Crippen molar-refractivity contribution >= 4 is 11.7 Å². The number of halogens is 2. The third-order valence-corrected chi connectivity index (χ3v) is 2.62. The van der Waals surface area contributed by atoms with Crippen LogP contribution in [-0.2, 0) is 4.74 Å². The molecule has 0 fully saturated rings. The van der Waals surface area contributed by atoms with E-state index in [1.807, 2.05) is 0 Å². The molecule has 0 amide bonds. The molecule has 0 bridgehead atoms. The number of rotatable bonds is 5. The van der Waals surface area contributed by atoms with Gasteiger partial charge < -0.3 is 20.3 Å². The van der Waals surface area contributed by atoms with E-state index in [0.29, 0.717) is 0 Å². The van der Waals surface area contributed by atoms with Crippen molar-refractivity contribution < 1.29 is 28.5 Å². The number of esters is 1. The van der Waals surface area contributed by atoms with Gasteiger partial charge in [0.2, 0.25) is 0 Å². The Morgan fingerprint density at radius 1 is 1.32 bits per heavy atom. The number of hydrogen-bond acceptors (Lipinski definition) is 5. The lowest BCUT2D eigenvalue weighted by Crippen LogP contribution is -2.42. The summed E-state index contributed by atoms with van der Waals surface area (Å²) in [6.07, 6.45) is 0. The monoisotopic (exact) mass is 275 g/mol. The zero-order valence-electron chi connectivity index (χ0n) is 10.5.